The van der Waals surface area contributed by atoms with E-state index in [1.165, 1.54) is 38.2 Å². The van der Waals surface area contributed by atoms with Crippen LogP contribution in [0.5, 0.6) is 0 Å². The first-order valence-electron chi connectivity index (χ1n) is 11.7. The first-order chi connectivity index (χ1) is 16.3. The molecule has 1 aliphatic rings. The van der Waals surface area contributed by atoms with E-state index >= 15 is 0 Å². The molecule has 3 N–H and O–H groups in total. The van der Waals surface area contributed by atoms with Gasteiger partial charge in [0.25, 0.3) is 0 Å². The highest BCUT2D eigenvalue weighted by molar-refractivity contribution is 5.90. The molecule has 0 spiro atoms. The summed E-state index contributed by atoms with van der Waals surface area (Å²) < 4.78 is 25.8. The van der Waals surface area contributed by atoms with Gasteiger partial charge in [0.15, 0.2) is 11.6 Å². The molecule has 1 amide bonds. The third-order valence-electron chi connectivity index (χ3n) is 5.96. The smallest absolute Gasteiger partial charge is 0.222 e. The van der Waals surface area contributed by atoms with Crippen LogP contribution in [0.3, 0.4) is 0 Å². The lowest BCUT2D eigenvalue weighted by Crippen LogP contribution is -2.30. The van der Waals surface area contributed by atoms with Gasteiger partial charge in [-0.15, -0.1) is 0 Å². The summed E-state index contributed by atoms with van der Waals surface area (Å²) in [5, 5.41) is 3.96. The van der Waals surface area contributed by atoms with Gasteiger partial charge in [0.2, 0.25) is 11.9 Å². The predicted molar refractivity (Wildman–Crippen MR) is 133 cm³/mol. The Morgan fingerprint density at radius 3 is 2.50 bits per heavy atom. The van der Waals surface area contributed by atoms with Crippen molar-refractivity contribution in [1.29, 1.82) is 0 Å². The van der Waals surface area contributed by atoms with E-state index in [1.54, 1.807) is 0 Å². The van der Waals surface area contributed by atoms with E-state index in [-0.39, 0.29) is 5.91 Å². The highest BCUT2D eigenvalue weighted by Gasteiger charge is 2.14. The normalized spacial score (nSPS) is 13.8. The molecule has 4 rings (SSSR count). The molecule has 0 radical (unpaired) electrons. The standard InChI is InChI=1S/C16H21F2NO.C10H12N4/c17-14-8-6-12(10-15(14)18)7-9-16(20)19-11-13-4-2-1-3-5-13;1-14(2)9-7-5-3-4-6-8(7)12-10(11)13-9/h6,8,10,13H,1-5,7,9,11H2,(H,19,20);3-6H,1-2H3,(H2,11,12,13). The fraction of sp³-hybridized carbons (Fsp3) is 0.423. The highest BCUT2D eigenvalue weighted by atomic mass is 19.2. The molecule has 0 aliphatic heterocycles. The fourth-order valence-electron chi connectivity index (χ4n) is 4.11. The van der Waals surface area contributed by atoms with Crippen LogP contribution in [0.4, 0.5) is 20.5 Å². The Labute approximate surface area is 199 Å². The maximum atomic E-state index is 13.0. The number of nitrogens with one attached hydrogen (secondary N) is 1. The number of aryl methyl sites for hydroxylation is 1. The molecule has 6 nitrogen and oxygen atoms in total. The second kappa shape index (κ2) is 12.3. The number of carbonyl (C=O) groups excluding carboxylic acids is 1. The predicted octanol–water partition coefficient (Wildman–Crippen LogP) is 4.87. The van der Waals surface area contributed by atoms with Crippen molar-refractivity contribution in [3.8, 4) is 0 Å². The number of carbonyl (C=O) groups is 1. The van der Waals surface area contributed by atoms with E-state index in [1.807, 2.05) is 43.3 Å². The summed E-state index contributed by atoms with van der Waals surface area (Å²) in [7, 11) is 3.88. The average molecular weight is 470 g/mol. The van der Waals surface area contributed by atoms with E-state index in [2.05, 4.69) is 15.3 Å². The maximum Gasteiger partial charge on any atom is 0.222 e. The van der Waals surface area contributed by atoms with Crippen LogP contribution >= 0.6 is 0 Å². The second-order valence-corrected chi connectivity index (χ2v) is 8.87. The van der Waals surface area contributed by atoms with Gasteiger partial charge >= 0.3 is 0 Å². The van der Waals surface area contributed by atoms with Crippen molar-refractivity contribution in [3.63, 3.8) is 0 Å². The molecule has 0 atom stereocenters. The number of benzene rings is 2. The third kappa shape index (κ3) is 7.37. The number of anilines is 2. The zero-order valence-corrected chi connectivity index (χ0v) is 19.9. The summed E-state index contributed by atoms with van der Waals surface area (Å²) in [6, 6.07) is 11.6. The molecule has 0 unspecified atom stereocenters. The van der Waals surface area contributed by atoms with Crippen LogP contribution in [0.2, 0.25) is 0 Å². The highest BCUT2D eigenvalue weighted by Crippen LogP contribution is 2.23. The molecule has 8 heteroatoms. The maximum absolute atomic E-state index is 13.0. The molecular formula is C26H33F2N5O. The summed E-state index contributed by atoms with van der Waals surface area (Å²) >= 11 is 0. The molecule has 1 fully saturated rings. The lowest BCUT2D eigenvalue weighted by molar-refractivity contribution is -0.121. The lowest BCUT2D eigenvalue weighted by Gasteiger charge is -2.21. The van der Waals surface area contributed by atoms with Gasteiger partial charge in [0, 0.05) is 32.4 Å². The summed E-state index contributed by atoms with van der Waals surface area (Å²) in [5.41, 5.74) is 7.14. The van der Waals surface area contributed by atoms with Crippen molar-refractivity contribution in [2.45, 2.75) is 44.9 Å². The van der Waals surface area contributed by atoms with Crippen molar-refractivity contribution in [2.75, 3.05) is 31.3 Å². The van der Waals surface area contributed by atoms with Gasteiger partial charge in [-0.05, 0) is 55.0 Å². The topological polar surface area (TPSA) is 84.1 Å². The molecule has 2 aromatic carbocycles. The molecule has 0 bridgehead atoms. The van der Waals surface area contributed by atoms with Gasteiger partial charge in [-0.25, -0.2) is 13.8 Å². The molecule has 1 aliphatic carbocycles. The van der Waals surface area contributed by atoms with E-state index in [9.17, 15) is 13.6 Å². The number of amides is 1. The number of para-hydroxylation sites is 1. The Kier molecular flexibility index (Phi) is 9.13. The molecule has 1 aromatic heterocycles. The summed E-state index contributed by atoms with van der Waals surface area (Å²) in [5.74, 6) is 0.0531. The Hall–Kier alpha value is -3.29. The first-order valence-corrected chi connectivity index (χ1v) is 11.7. The van der Waals surface area contributed by atoms with Crippen LogP contribution in [0.1, 0.15) is 44.1 Å². The molecule has 3 aromatic rings. The van der Waals surface area contributed by atoms with Gasteiger partial charge in [0.1, 0.15) is 5.82 Å². The van der Waals surface area contributed by atoms with Crippen molar-refractivity contribution in [3.05, 3.63) is 59.7 Å². The van der Waals surface area contributed by atoms with Crippen molar-refractivity contribution >= 4 is 28.6 Å². The SMILES string of the molecule is CN(C)c1nc(N)nc2ccccc12.O=C(CCc1ccc(F)c(F)c1)NCC1CCCCC1. The van der Waals surface area contributed by atoms with E-state index in [0.29, 0.717) is 30.3 Å². The average Bonchev–Trinajstić information content (AvgIpc) is 2.84. The van der Waals surface area contributed by atoms with Crippen molar-refractivity contribution in [1.82, 2.24) is 15.3 Å². The van der Waals surface area contributed by atoms with Gasteiger partial charge < -0.3 is 16.0 Å². The van der Waals surface area contributed by atoms with E-state index in [0.717, 1.165) is 35.4 Å². The number of hydrogen-bond donors (Lipinski definition) is 2. The van der Waals surface area contributed by atoms with Gasteiger partial charge in [-0.3, -0.25) is 4.79 Å². The van der Waals surface area contributed by atoms with Crippen LogP contribution in [-0.4, -0.2) is 36.5 Å². The molecule has 182 valence electrons. The number of halogens is 2. The summed E-state index contributed by atoms with van der Waals surface area (Å²) in [4.78, 5) is 22.0. The van der Waals surface area contributed by atoms with Crippen molar-refractivity contribution in [2.24, 2.45) is 5.92 Å². The van der Waals surface area contributed by atoms with Crippen molar-refractivity contribution < 1.29 is 13.6 Å². The number of nitrogens with two attached hydrogens (primary N) is 1. The molecule has 34 heavy (non-hydrogen) atoms. The monoisotopic (exact) mass is 469 g/mol. The Bertz CT molecular complexity index is 1100. The van der Waals surface area contributed by atoms with E-state index < -0.39 is 11.6 Å². The third-order valence-corrected chi connectivity index (χ3v) is 5.96. The summed E-state index contributed by atoms with van der Waals surface area (Å²) in [6.45, 7) is 0.747. The van der Waals surface area contributed by atoms with Crippen LogP contribution < -0.4 is 16.0 Å². The quantitative estimate of drug-likeness (QED) is 0.538. The number of nitrogens with zero attached hydrogens (tertiary/aromatic N) is 3. The number of rotatable bonds is 6. The van der Waals surface area contributed by atoms with Gasteiger partial charge in [0.05, 0.1) is 5.52 Å². The largest absolute Gasteiger partial charge is 0.368 e. The number of hydrogen-bond acceptors (Lipinski definition) is 5. The molecule has 0 saturated heterocycles. The van der Waals surface area contributed by atoms with Crippen LogP contribution in [0.25, 0.3) is 10.9 Å². The number of fused-ring (bicyclic) bond motifs is 1. The molecular weight excluding hydrogens is 436 g/mol. The number of nitrogen functional groups attached to an aromatic ring is 1. The lowest BCUT2D eigenvalue weighted by atomic mass is 9.89. The minimum absolute atomic E-state index is 0.0136. The fourth-order valence-corrected chi connectivity index (χ4v) is 4.11. The molecule has 1 heterocycles. The second-order valence-electron chi connectivity index (χ2n) is 8.87. The zero-order valence-electron chi connectivity index (χ0n) is 19.9. The first kappa shape index (κ1) is 25.3. The van der Waals surface area contributed by atoms with Crippen LogP contribution in [0.15, 0.2) is 42.5 Å². The minimum atomic E-state index is -0.856. The van der Waals surface area contributed by atoms with Gasteiger partial charge in [-0.2, -0.15) is 4.98 Å². The Balaban J connectivity index is 0.000000202. The molecule has 1 saturated carbocycles. The Morgan fingerprint density at radius 1 is 1.06 bits per heavy atom. The van der Waals surface area contributed by atoms with Gasteiger partial charge in [-0.1, -0.05) is 37.5 Å². The Morgan fingerprint density at radius 2 is 1.79 bits per heavy atom. The number of aromatic nitrogens is 2. The minimum Gasteiger partial charge on any atom is -0.368 e. The van der Waals surface area contributed by atoms with E-state index in [4.69, 9.17) is 5.73 Å². The summed E-state index contributed by atoms with van der Waals surface area (Å²) in [6.07, 6.45) is 6.98. The van der Waals surface area contributed by atoms with Crippen LogP contribution in [-0.2, 0) is 11.2 Å². The zero-order chi connectivity index (χ0) is 24.5. The van der Waals surface area contributed by atoms with Crippen LogP contribution in [0, 0.1) is 17.6 Å².